The Labute approximate surface area is 124 Å². The molecule has 4 nitrogen and oxygen atoms in total. The molecule has 1 amide bonds. The minimum absolute atomic E-state index is 0.0932. The number of nitrogens with zero attached hydrogens (tertiary/aromatic N) is 1. The molecule has 2 heterocycles. The molecule has 2 N–H and O–H groups in total. The van der Waals surface area contributed by atoms with E-state index < -0.39 is 11.6 Å². The zero-order chi connectivity index (χ0) is 14.8. The highest BCUT2D eigenvalue weighted by atomic mass is 32.1. The van der Waals surface area contributed by atoms with Crippen LogP contribution >= 0.6 is 11.3 Å². The van der Waals surface area contributed by atoms with Gasteiger partial charge in [-0.1, -0.05) is 17.8 Å². The van der Waals surface area contributed by atoms with Gasteiger partial charge in [-0.25, -0.2) is 13.8 Å². The van der Waals surface area contributed by atoms with Crippen molar-refractivity contribution >= 4 is 32.6 Å². The summed E-state index contributed by atoms with van der Waals surface area (Å²) in [5, 5.41) is 6.24. The average molecular weight is 311 g/mol. The molecule has 0 bridgehead atoms. The maximum atomic E-state index is 13.6. The smallest absolute Gasteiger partial charge is 0.230 e. The zero-order valence-corrected chi connectivity index (χ0v) is 12.1. The lowest BCUT2D eigenvalue weighted by Gasteiger charge is -2.12. The molecule has 1 fully saturated rings. The van der Waals surface area contributed by atoms with E-state index in [4.69, 9.17) is 0 Å². The second kappa shape index (κ2) is 6.03. The van der Waals surface area contributed by atoms with E-state index in [2.05, 4.69) is 15.6 Å². The van der Waals surface area contributed by atoms with Crippen molar-refractivity contribution in [2.24, 2.45) is 5.92 Å². The number of thiazole rings is 1. The van der Waals surface area contributed by atoms with Crippen LogP contribution in [0, 0.1) is 17.6 Å². The summed E-state index contributed by atoms with van der Waals surface area (Å²) in [6.45, 7) is 1.56. The molecule has 1 aromatic heterocycles. The van der Waals surface area contributed by atoms with Crippen molar-refractivity contribution in [1.82, 2.24) is 10.3 Å². The molecular formula is C14H15F2N3OS. The molecular weight excluding hydrogens is 296 g/mol. The second-order valence-corrected chi connectivity index (χ2v) is 6.17. The fourth-order valence-electron chi connectivity index (χ4n) is 2.46. The van der Waals surface area contributed by atoms with E-state index in [-0.39, 0.29) is 17.3 Å². The Kier molecular flexibility index (Phi) is 4.12. The first-order valence-electron chi connectivity index (χ1n) is 6.90. The van der Waals surface area contributed by atoms with E-state index in [1.165, 1.54) is 6.07 Å². The summed E-state index contributed by atoms with van der Waals surface area (Å²) in [5.41, 5.74) is 0.0932. The van der Waals surface area contributed by atoms with E-state index in [1.807, 2.05) is 0 Å². The maximum Gasteiger partial charge on any atom is 0.230 e. The van der Waals surface area contributed by atoms with Crippen LogP contribution in [0.25, 0.3) is 10.2 Å². The van der Waals surface area contributed by atoms with E-state index >= 15 is 0 Å². The highest BCUT2D eigenvalue weighted by Gasteiger charge is 2.21. The van der Waals surface area contributed by atoms with Gasteiger partial charge in [-0.15, -0.1) is 0 Å². The van der Waals surface area contributed by atoms with Crippen LogP contribution in [-0.2, 0) is 4.79 Å². The quantitative estimate of drug-likeness (QED) is 0.896. The standard InChI is InChI=1S/C14H15F2N3OS/c15-9-5-10(16)12-11(6-9)21-14(18-12)19-13(20)8-3-1-2-4-17-7-8/h5-6,8,17H,1-4,7H2,(H,18,19,20). The number of hydrogen-bond donors (Lipinski definition) is 2. The Bertz CT molecular complexity index is 666. The molecule has 0 spiro atoms. The van der Waals surface area contributed by atoms with Crippen LogP contribution < -0.4 is 10.6 Å². The van der Waals surface area contributed by atoms with Crippen LogP contribution in [0.5, 0.6) is 0 Å². The van der Waals surface area contributed by atoms with Gasteiger partial charge in [-0.2, -0.15) is 0 Å². The predicted octanol–water partition coefficient (Wildman–Crippen LogP) is 2.90. The van der Waals surface area contributed by atoms with Gasteiger partial charge in [-0.05, 0) is 25.5 Å². The number of rotatable bonds is 2. The van der Waals surface area contributed by atoms with E-state index in [0.29, 0.717) is 16.4 Å². The van der Waals surface area contributed by atoms with Gasteiger partial charge in [0.05, 0.1) is 10.6 Å². The number of amides is 1. The molecule has 0 aliphatic carbocycles. The predicted molar refractivity (Wildman–Crippen MR) is 78.4 cm³/mol. The van der Waals surface area contributed by atoms with E-state index in [0.717, 1.165) is 43.2 Å². The third-order valence-corrected chi connectivity index (χ3v) is 4.48. The monoisotopic (exact) mass is 311 g/mol. The maximum absolute atomic E-state index is 13.6. The lowest BCUT2D eigenvalue weighted by atomic mass is 10.0. The molecule has 112 valence electrons. The number of carbonyl (C=O) groups is 1. The molecule has 21 heavy (non-hydrogen) atoms. The summed E-state index contributed by atoms with van der Waals surface area (Å²) in [7, 11) is 0. The summed E-state index contributed by atoms with van der Waals surface area (Å²) < 4.78 is 27.1. The van der Waals surface area contributed by atoms with Crippen LogP contribution in [0.3, 0.4) is 0 Å². The Balaban J connectivity index is 1.78. The minimum atomic E-state index is -0.710. The number of anilines is 1. The third-order valence-electron chi connectivity index (χ3n) is 3.56. The molecule has 0 radical (unpaired) electrons. The molecule has 1 saturated heterocycles. The molecule has 1 aliphatic heterocycles. The summed E-state index contributed by atoms with van der Waals surface area (Å²) in [4.78, 5) is 16.2. The van der Waals surface area contributed by atoms with Crippen molar-refractivity contribution in [1.29, 1.82) is 0 Å². The van der Waals surface area contributed by atoms with Gasteiger partial charge < -0.3 is 10.6 Å². The number of aromatic nitrogens is 1. The van der Waals surface area contributed by atoms with Gasteiger partial charge in [0.15, 0.2) is 10.9 Å². The lowest BCUT2D eigenvalue weighted by molar-refractivity contribution is -0.119. The summed E-state index contributed by atoms with van der Waals surface area (Å²) in [6, 6.07) is 2.02. The van der Waals surface area contributed by atoms with Gasteiger partial charge in [0, 0.05) is 12.6 Å². The highest BCUT2D eigenvalue weighted by molar-refractivity contribution is 7.22. The first-order chi connectivity index (χ1) is 10.1. The lowest BCUT2D eigenvalue weighted by Crippen LogP contribution is -2.30. The molecule has 3 rings (SSSR count). The van der Waals surface area contributed by atoms with Crippen LogP contribution in [0.15, 0.2) is 12.1 Å². The molecule has 1 aliphatic rings. The van der Waals surface area contributed by atoms with Gasteiger partial charge >= 0.3 is 0 Å². The van der Waals surface area contributed by atoms with Crippen molar-refractivity contribution < 1.29 is 13.6 Å². The number of fused-ring (bicyclic) bond motifs is 1. The average Bonchev–Trinajstić information content (AvgIpc) is 2.67. The van der Waals surface area contributed by atoms with Gasteiger partial charge in [0.1, 0.15) is 11.3 Å². The van der Waals surface area contributed by atoms with Crippen molar-refractivity contribution in [2.75, 3.05) is 18.4 Å². The number of nitrogens with one attached hydrogen (secondary N) is 2. The van der Waals surface area contributed by atoms with Crippen LogP contribution in [0.2, 0.25) is 0 Å². The Hall–Kier alpha value is -1.60. The summed E-state index contributed by atoms with van der Waals surface area (Å²) >= 11 is 1.08. The number of halogens is 2. The molecule has 1 aromatic carbocycles. The van der Waals surface area contributed by atoms with E-state index in [1.54, 1.807) is 0 Å². The van der Waals surface area contributed by atoms with Crippen LogP contribution in [-0.4, -0.2) is 24.0 Å². The molecule has 1 unspecified atom stereocenters. The van der Waals surface area contributed by atoms with Crippen molar-refractivity contribution in [3.8, 4) is 0 Å². The zero-order valence-electron chi connectivity index (χ0n) is 11.3. The van der Waals surface area contributed by atoms with Crippen molar-refractivity contribution in [2.45, 2.75) is 19.3 Å². The number of carbonyl (C=O) groups excluding carboxylic acids is 1. The number of benzene rings is 1. The first kappa shape index (κ1) is 14.3. The van der Waals surface area contributed by atoms with E-state index in [9.17, 15) is 13.6 Å². The van der Waals surface area contributed by atoms with Gasteiger partial charge in [0.25, 0.3) is 0 Å². The first-order valence-corrected chi connectivity index (χ1v) is 7.72. The largest absolute Gasteiger partial charge is 0.316 e. The Morgan fingerprint density at radius 2 is 2.24 bits per heavy atom. The summed E-state index contributed by atoms with van der Waals surface area (Å²) in [6.07, 6.45) is 2.90. The van der Waals surface area contributed by atoms with Crippen molar-refractivity contribution in [3.05, 3.63) is 23.8 Å². The molecule has 0 saturated carbocycles. The van der Waals surface area contributed by atoms with Crippen LogP contribution in [0.1, 0.15) is 19.3 Å². The molecule has 7 heteroatoms. The second-order valence-electron chi connectivity index (χ2n) is 5.14. The topological polar surface area (TPSA) is 54.0 Å². The Morgan fingerprint density at radius 3 is 3.10 bits per heavy atom. The molecule has 2 aromatic rings. The SMILES string of the molecule is O=C(Nc1nc2c(F)cc(F)cc2s1)C1CCCCNC1. The fraction of sp³-hybridized carbons (Fsp3) is 0.429. The van der Waals surface area contributed by atoms with Crippen molar-refractivity contribution in [3.63, 3.8) is 0 Å². The van der Waals surface area contributed by atoms with Gasteiger partial charge in [0.2, 0.25) is 5.91 Å². The van der Waals surface area contributed by atoms with Crippen LogP contribution in [0.4, 0.5) is 13.9 Å². The fourth-order valence-corrected chi connectivity index (χ4v) is 3.37. The highest BCUT2D eigenvalue weighted by Crippen LogP contribution is 2.29. The third kappa shape index (κ3) is 3.19. The summed E-state index contributed by atoms with van der Waals surface area (Å²) in [5.74, 6) is -1.59. The van der Waals surface area contributed by atoms with Gasteiger partial charge in [-0.3, -0.25) is 4.79 Å². The normalized spacial score (nSPS) is 19.4. The number of hydrogen-bond acceptors (Lipinski definition) is 4. The minimum Gasteiger partial charge on any atom is -0.316 e. The molecule has 1 atom stereocenters. The Morgan fingerprint density at radius 1 is 1.38 bits per heavy atom.